The summed E-state index contributed by atoms with van der Waals surface area (Å²) in [6, 6.07) is 4.09. The predicted molar refractivity (Wildman–Crippen MR) is 71.4 cm³/mol. The maximum atomic E-state index is 11.9. The van der Waals surface area contributed by atoms with E-state index >= 15 is 0 Å². The van der Waals surface area contributed by atoms with Crippen LogP contribution in [0.25, 0.3) is 0 Å². The van der Waals surface area contributed by atoms with Crippen LogP contribution in [-0.4, -0.2) is 41.1 Å². The van der Waals surface area contributed by atoms with Crippen LogP contribution in [0.15, 0.2) is 22.8 Å². The zero-order valence-corrected chi connectivity index (χ0v) is 11.3. The summed E-state index contributed by atoms with van der Waals surface area (Å²) in [6.07, 6.45) is 4.77. The fraction of sp³-hybridized carbons (Fsp3) is 0.643. The second-order valence-corrected chi connectivity index (χ2v) is 5.14. The monoisotopic (exact) mass is 266 g/mol. The molecule has 5 nitrogen and oxygen atoms in total. The van der Waals surface area contributed by atoms with Crippen LogP contribution in [0.3, 0.4) is 0 Å². The Labute approximate surface area is 113 Å². The molecule has 2 heterocycles. The summed E-state index contributed by atoms with van der Waals surface area (Å²) in [5.41, 5.74) is 0. The first kappa shape index (κ1) is 14.1. The van der Waals surface area contributed by atoms with E-state index in [4.69, 9.17) is 4.42 Å². The van der Waals surface area contributed by atoms with Crippen LogP contribution in [0, 0.1) is 0 Å². The zero-order valence-electron chi connectivity index (χ0n) is 11.3. The number of likely N-dealkylation sites (tertiary alicyclic amines) is 1. The molecule has 0 spiro atoms. The van der Waals surface area contributed by atoms with E-state index in [1.165, 1.54) is 0 Å². The van der Waals surface area contributed by atoms with E-state index in [1.54, 1.807) is 12.3 Å². The Bertz CT molecular complexity index is 391. The molecule has 5 heteroatoms. The van der Waals surface area contributed by atoms with Crippen molar-refractivity contribution in [2.45, 2.75) is 44.8 Å². The largest absolute Gasteiger partial charge is 0.467 e. The Morgan fingerprint density at radius 1 is 1.58 bits per heavy atom. The minimum absolute atomic E-state index is 0.0244. The number of hydrogen-bond acceptors (Lipinski definition) is 4. The maximum Gasteiger partial charge on any atom is 0.234 e. The van der Waals surface area contributed by atoms with Crippen molar-refractivity contribution in [1.29, 1.82) is 0 Å². The number of nitrogens with one attached hydrogen (secondary N) is 1. The van der Waals surface area contributed by atoms with E-state index in [0.29, 0.717) is 19.1 Å². The van der Waals surface area contributed by atoms with Gasteiger partial charge in [0.2, 0.25) is 5.91 Å². The zero-order chi connectivity index (χ0) is 13.7. The number of amides is 1. The van der Waals surface area contributed by atoms with Gasteiger partial charge in [-0.05, 0) is 31.9 Å². The molecule has 0 aromatic carbocycles. The molecule has 1 fully saturated rings. The highest BCUT2D eigenvalue weighted by molar-refractivity contribution is 5.78. The lowest BCUT2D eigenvalue weighted by Crippen LogP contribution is -2.51. The van der Waals surface area contributed by atoms with E-state index < -0.39 is 0 Å². The third-order valence-electron chi connectivity index (χ3n) is 3.77. The molecule has 19 heavy (non-hydrogen) atoms. The van der Waals surface area contributed by atoms with Crippen molar-refractivity contribution in [2.75, 3.05) is 13.2 Å². The molecule has 2 rings (SSSR count). The van der Waals surface area contributed by atoms with Gasteiger partial charge >= 0.3 is 0 Å². The van der Waals surface area contributed by atoms with E-state index in [2.05, 4.69) is 17.1 Å². The average molecular weight is 266 g/mol. The summed E-state index contributed by atoms with van der Waals surface area (Å²) in [5.74, 6) is 0.724. The lowest BCUT2D eigenvalue weighted by atomic mass is 9.97. The average Bonchev–Trinajstić information content (AvgIpc) is 2.92. The standard InChI is InChI=1S/C14H22N2O3/c1-11-4-2-5-12(10-17)16(11)9-14(18)15-8-13-6-3-7-19-13/h3,6-7,11-12,17H,2,4-5,8-10H2,1H3,(H,15,18). The molecule has 0 aliphatic carbocycles. The first-order chi connectivity index (χ1) is 9.20. The Kier molecular flexibility index (Phi) is 4.99. The number of nitrogens with zero attached hydrogens (tertiary/aromatic N) is 1. The van der Waals surface area contributed by atoms with E-state index in [0.717, 1.165) is 25.0 Å². The van der Waals surface area contributed by atoms with Gasteiger partial charge in [0.05, 0.1) is 26.0 Å². The third kappa shape index (κ3) is 3.81. The third-order valence-corrected chi connectivity index (χ3v) is 3.77. The highest BCUT2D eigenvalue weighted by atomic mass is 16.3. The van der Waals surface area contributed by atoms with Crippen molar-refractivity contribution in [3.05, 3.63) is 24.2 Å². The number of aliphatic hydroxyl groups is 1. The second kappa shape index (κ2) is 6.73. The predicted octanol–water partition coefficient (Wildman–Crippen LogP) is 1.13. The van der Waals surface area contributed by atoms with Gasteiger partial charge in [0.1, 0.15) is 5.76 Å². The molecule has 0 bridgehead atoms. The topological polar surface area (TPSA) is 65.7 Å². The quantitative estimate of drug-likeness (QED) is 0.838. The van der Waals surface area contributed by atoms with Crippen LogP contribution >= 0.6 is 0 Å². The van der Waals surface area contributed by atoms with Crippen LogP contribution in [-0.2, 0) is 11.3 Å². The van der Waals surface area contributed by atoms with Gasteiger partial charge in [-0.15, -0.1) is 0 Å². The van der Waals surface area contributed by atoms with Gasteiger partial charge in [-0.25, -0.2) is 0 Å². The molecule has 106 valence electrons. The van der Waals surface area contributed by atoms with Crippen molar-refractivity contribution in [2.24, 2.45) is 0 Å². The highest BCUT2D eigenvalue weighted by Gasteiger charge is 2.28. The van der Waals surface area contributed by atoms with Crippen LogP contribution in [0.1, 0.15) is 31.9 Å². The lowest BCUT2D eigenvalue weighted by Gasteiger charge is -2.39. The van der Waals surface area contributed by atoms with E-state index in [9.17, 15) is 9.90 Å². The minimum Gasteiger partial charge on any atom is -0.467 e. The van der Waals surface area contributed by atoms with E-state index in [-0.39, 0.29) is 18.6 Å². The summed E-state index contributed by atoms with van der Waals surface area (Å²) in [5, 5.41) is 12.2. The number of aliphatic hydroxyl groups excluding tert-OH is 1. The van der Waals surface area contributed by atoms with Crippen molar-refractivity contribution in [3.63, 3.8) is 0 Å². The van der Waals surface area contributed by atoms with Gasteiger partial charge in [0, 0.05) is 12.1 Å². The van der Waals surface area contributed by atoms with Crippen molar-refractivity contribution in [1.82, 2.24) is 10.2 Å². The highest BCUT2D eigenvalue weighted by Crippen LogP contribution is 2.21. The van der Waals surface area contributed by atoms with Crippen molar-refractivity contribution < 1.29 is 14.3 Å². The number of furan rings is 1. The van der Waals surface area contributed by atoms with Crippen molar-refractivity contribution >= 4 is 5.91 Å². The summed E-state index contributed by atoms with van der Waals surface area (Å²) < 4.78 is 5.17. The molecule has 1 saturated heterocycles. The Morgan fingerprint density at radius 3 is 3.11 bits per heavy atom. The number of piperidine rings is 1. The molecule has 2 unspecified atom stereocenters. The number of carbonyl (C=O) groups is 1. The van der Waals surface area contributed by atoms with Gasteiger partial charge in [-0.3, -0.25) is 9.69 Å². The fourth-order valence-corrected chi connectivity index (χ4v) is 2.64. The van der Waals surface area contributed by atoms with Crippen LogP contribution in [0.5, 0.6) is 0 Å². The Morgan fingerprint density at radius 2 is 2.42 bits per heavy atom. The van der Waals surface area contributed by atoms with Crippen LogP contribution in [0.2, 0.25) is 0 Å². The van der Waals surface area contributed by atoms with Gasteiger partial charge in [0.15, 0.2) is 0 Å². The molecule has 0 radical (unpaired) electrons. The second-order valence-electron chi connectivity index (χ2n) is 5.14. The molecule has 1 aromatic rings. The summed E-state index contributed by atoms with van der Waals surface area (Å²) in [7, 11) is 0. The summed E-state index contributed by atoms with van der Waals surface area (Å²) >= 11 is 0. The first-order valence-electron chi connectivity index (χ1n) is 6.86. The molecule has 1 aliphatic rings. The number of carbonyl (C=O) groups excluding carboxylic acids is 1. The fourth-order valence-electron chi connectivity index (χ4n) is 2.64. The smallest absolute Gasteiger partial charge is 0.234 e. The lowest BCUT2D eigenvalue weighted by molar-refractivity contribution is -0.124. The Hall–Kier alpha value is -1.33. The molecular formula is C14H22N2O3. The number of rotatable bonds is 5. The van der Waals surface area contributed by atoms with Gasteiger partial charge in [0.25, 0.3) is 0 Å². The minimum atomic E-state index is -0.0244. The number of hydrogen-bond donors (Lipinski definition) is 2. The molecule has 2 atom stereocenters. The molecule has 2 N–H and O–H groups in total. The molecule has 1 aliphatic heterocycles. The van der Waals surface area contributed by atoms with Crippen LogP contribution < -0.4 is 5.32 Å². The maximum absolute atomic E-state index is 11.9. The van der Waals surface area contributed by atoms with Crippen LogP contribution in [0.4, 0.5) is 0 Å². The summed E-state index contributed by atoms with van der Waals surface area (Å²) in [6.45, 7) is 2.99. The van der Waals surface area contributed by atoms with Gasteiger partial charge in [-0.2, -0.15) is 0 Å². The summed E-state index contributed by atoms with van der Waals surface area (Å²) in [4.78, 5) is 14.0. The molecule has 1 amide bonds. The SMILES string of the molecule is CC1CCCC(CO)N1CC(=O)NCc1ccco1. The van der Waals surface area contributed by atoms with Gasteiger partial charge < -0.3 is 14.8 Å². The molecule has 1 aromatic heterocycles. The first-order valence-corrected chi connectivity index (χ1v) is 6.86. The van der Waals surface area contributed by atoms with E-state index in [1.807, 2.05) is 6.07 Å². The van der Waals surface area contributed by atoms with Gasteiger partial charge in [-0.1, -0.05) is 6.42 Å². The normalized spacial score (nSPS) is 24.3. The Balaban J connectivity index is 1.82. The molecule has 0 saturated carbocycles. The van der Waals surface area contributed by atoms with Crippen molar-refractivity contribution in [3.8, 4) is 0 Å². The molecular weight excluding hydrogens is 244 g/mol.